The van der Waals surface area contributed by atoms with E-state index < -0.39 is 29.9 Å². The van der Waals surface area contributed by atoms with Gasteiger partial charge in [0, 0.05) is 29.2 Å². The molecule has 7 N–H and O–H groups in total. The molecule has 0 aromatic carbocycles. The van der Waals surface area contributed by atoms with Crippen LogP contribution in [0.1, 0.15) is 26.2 Å². The first-order valence-electron chi connectivity index (χ1n) is 8.63. The van der Waals surface area contributed by atoms with E-state index in [2.05, 4.69) is 5.32 Å². The molecule has 6 atom stereocenters. The Morgan fingerprint density at radius 1 is 1.46 bits per heavy atom. The summed E-state index contributed by atoms with van der Waals surface area (Å²) >= 11 is 1.46. The molecule has 0 bridgehead atoms. The molecule has 2 saturated heterocycles. The number of carboxylic acids is 1. The van der Waals surface area contributed by atoms with Gasteiger partial charge < -0.3 is 31.9 Å². The van der Waals surface area contributed by atoms with E-state index in [1.807, 2.05) is 0 Å². The van der Waals surface area contributed by atoms with Crippen molar-refractivity contribution in [3.8, 4) is 0 Å². The first kappa shape index (κ1) is 19.2. The van der Waals surface area contributed by atoms with E-state index >= 15 is 0 Å². The van der Waals surface area contributed by atoms with Gasteiger partial charge in [0.25, 0.3) is 0 Å². The van der Waals surface area contributed by atoms with Crippen LogP contribution in [0.5, 0.6) is 0 Å². The number of amides is 2. The summed E-state index contributed by atoms with van der Waals surface area (Å²) in [5.41, 5.74) is 10.9. The fraction of sp³-hybridized carbons (Fsp3) is 0.688. The lowest BCUT2D eigenvalue weighted by atomic mass is 9.83. The predicted octanol–water partition coefficient (Wildman–Crippen LogP) is -1.44. The molecule has 144 valence electrons. The van der Waals surface area contributed by atoms with Crippen LogP contribution >= 0.6 is 11.8 Å². The predicted molar refractivity (Wildman–Crippen MR) is 94.7 cm³/mol. The molecule has 0 aromatic rings. The number of aliphatic hydroxyl groups excluding tert-OH is 1. The van der Waals surface area contributed by atoms with Crippen LogP contribution in [0.15, 0.2) is 10.6 Å². The number of carbonyl (C=O) groups excluding carboxylic acids is 2. The Kier molecular flexibility index (Phi) is 5.29. The number of carbonyl (C=O) groups is 3. The molecule has 9 nitrogen and oxygen atoms in total. The molecule has 26 heavy (non-hydrogen) atoms. The minimum atomic E-state index is -1.12. The lowest BCUT2D eigenvalue weighted by Crippen LogP contribution is -2.61. The number of nitrogens with zero attached hydrogens (tertiary/aromatic N) is 1. The van der Waals surface area contributed by atoms with E-state index in [1.54, 1.807) is 6.92 Å². The second-order valence-electron chi connectivity index (χ2n) is 7.15. The number of aliphatic carboxylic acids is 1. The van der Waals surface area contributed by atoms with Gasteiger partial charge in [-0.25, -0.2) is 4.79 Å². The topological polar surface area (TPSA) is 159 Å². The van der Waals surface area contributed by atoms with E-state index in [0.717, 1.165) is 6.42 Å². The minimum Gasteiger partial charge on any atom is -0.477 e. The van der Waals surface area contributed by atoms with Crippen LogP contribution in [-0.4, -0.2) is 68.9 Å². The number of carboxylic acid groups (broad SMARTS) is 1. The SMILES string of the molecule is C[C@@H](O)[C@H]1C(=O)N2C(C(=O)O)=C(S[C@@H]3CN[C@H](CC(N)C(N)=O)C3)C[C@H]12. The van der Waals surface area contributed by atoms with Gasteiger partial charge in [-0.3, -0.25) is 9.59 Å². The summed E-state index contributed by atoms with van der Waals surface area (Å²) in [6.45, 7) is 2.22. The maximum Gasteiger partial charge on any atom is 0.353 e. The third-order valence-corrected chi connectivity index (χ3v) is 6.62. The number of nitrogens with two attached hydrogens (primary N) is 2. The van der Waals surface area contributed by atoms with Crippen LogP contribution < -0.4 is 16.8 Å². The molecule has 3 aliphatic rings. The monoisotopic (exact) mass is 384 g/mol. The summed E-state index contributed by atoms with van der Waals surface area (Å²) < 4.78 is 0. The Labute approximate surface area is 155 Å². The molecule has 3 rings (SSSR count). The number of hydrogen-bond donors (Lipinski definition) is 5. The Hall–Kier alpha value is -1.62. The summed E-state index contributed by atoms with van der Waals surface area (Å²) in [5.74, 6) is -2.52. The zero-order valence-electron chi connectivity index (χ0n) is 14.4. The number of hydrogen-bond acceptors (Lipinski definition) is 7. The minimum absolute atomic E-state index is 0.0409. The van der Waals surface area contributed by atoms with Crippen LogP contribution in [0.2, 0.25) is 0 Å². The van der Waals surface area contributed by atoms with Crippen molar-refractivity contribution in [2.24, 2.45) is 17.4 Å². The van der Waals surface area contributed by atoms with Crippen LogP contribution in [0.4, 0.5) is 0 Å². The van der Waals surface area contributed by atoms with E-state index in [9.17, 15) is 24.6 Å². The second kappa shape index (κ2) is 7.18. The van der Waals surface area contributed by atoms with Gasteiger partial charge in [-0.15, -0.1) is 11.8 Å². The molecular weight excluding hydrogens is 360 g/mol. The number of thioether (sulfide) groups is 1. The molecule has 3 heterocycles. The lowest BCUT2D eigenvalue weighted by Gasteiger charge is -2.44. The molecule has 2 amide bonds. The van der Waals surface area contributed by atoms with Gasteiger partial charge >= 0.3 is 5.97 Å². The highest BCUT2D eigenvalue weighted by atomic mass is 32.2. The lowest BCUT2D eigenvalue weighted by molar-refractivity contribution is -0.161. The fourth-order valence-electron chi connectivity index (χ4n) is 4.01. The maximum atomic E-state index is 12.2. The number of β-lactam (4-membered cyclic amide) rings is 1. The van der Waals surface area contributed by atoms with Gasteiger partial charge in [0.1, 0.15) is 5.70 Å². The molecular formula is C16H24N4O5S. The molecule has 2 fully saturated rings. The highest BCUT2D eigenvalue weighted by Gasteiger charge is 2.57. The van der Waals surface area contributed by atoms with Crippen LogP contribution in [0.25, 0.3) is 0 Å². The number of fused-ring (bicyclic) bond motifs is 1. The maximum absolute atomic E-state index is 12.2. The van der Waals surface area contributed by atoms with Gasteiger partial charge in [0.2, 0.25) is 11.8 Å². The van der Waals surface area contributed by atoms with E-state index in [1.165, 1.54) is 16.7 Å². The highest BCUT2D eigenvalue weighted by molar-refractivity contribution is 8.03. The Morgan fingerprint density at radius 2 is 2.15 bits per heavy atom. The molecule has 0 aliphatic carbocycles. The van der Waals surface area contributed by atoms with Crippen molar-refractivity contribution < 1.29 is 24.6 Å². The first-order valence-corrected chi connectivity index (χ1v) is 9.51. The molecule has 3 aliphatic heterocycles. The quantitative estimate of drug-likeness (QED) is 0.334. The highest BCUT2D eigenvalue weighted by Crippen LogP contribution is 2.48. The largest absolute Gasteiger partial charge is 0.477 e. The zero-order valence-corrected chi connectivity index (χ0v) is 15.2. The van der Waals surface area contributed by atoms with E-state index in [0.29, 0.717) is 24.3 Å². The van der Waals surface area contributed by atoms with Crippen molar-refractivity contribution in [3.05, 3.63) is 10.6 Å². The number of aliphatic hydroxyl groups is 1. The van der Waals surface area contributed by atoms with E-state index in [4.69, 9.17) is 11.5 Å². The van der Waals surface area contributed by atoms with Crippen molar-refractivity contribution in [1.82, 2.24) is 10.2 Å². The van der Waals surface area contributed by atoms with Crippen molar-refractivity contribution in [1.29, 1.82) is 0 Å². The standard InChI is InChI=1S/C16H24N4O5S/c1-6(21)12-10-4-11(13(16(24)25)20(10)15(12)23)26-8-2-7(19-5-8)3-9(17)14(18)22/h6-10,12,19,21H,2-5,17H2,1H3,(H2,18,22)(H,24,25)/t6-,7+,8+,9?,10-,12-/m1/s1. The van der Waals surface area contributed by atoms with Crippen LogP contribution in [0.3, 0.4) is 0 Å². The average molecular weight is 384 g/mol. The second-order valence-corrected chi connectivity index (χ2v) is 8.54. The Balaban J connectivity index is 1.65. The zero-order chi connectivity index (χ0) is 19.2. The van der Waals surface area contributed by atoms with Crippen molar-refractivity contribution in [2.45, 2.75) is 55.7 Å². The molecule has 1 unspecified atom stereocenters. The number of rotatable bonds is 7. The average Bonchev–Trinajstić information content (AvgIpc) is 3.09. The third kappa shape index (κ3) is 3.34. The van der Waals surface area contributed by atoms with Crippen molar-refractivity contribution in [2.75, 3.05) is 6.54 Å². The molecule has 0 radical (unpaired) electrons. The smallest absolute Gasteiger partial charge is 0.353 e. The Morgan fingerprint density at radius 3 is 2.73 bits per heavy atom. The number of nitrogens with one attached hydrogen (secondary N) is 1. The van der Waals surface area contributed by atoms with Crippen molar-refractivity contribution in [3.63, 3.8) is 0 Å². The summed E-state index contributed by atoms with van der Waals surface area (Å²) in [4.78, 5) is 37.0. The van der Waals surface area contributed by atoms with Gasteiger partial charge in [-0.2, -0.15) is 0 Å². The first-order chi connectivity index (χ1) is 12.2. The summed E-state index contributed by atoms with van der Waals surface area (Å²) in [5, 5.41) is 22.7. The fourth-order valence-corrected chi connectivity index (χ4v) is 5.49. The van der Waals surface area contributed by atoms with Crippen LogP contribution in [-0.2, 0) is 14.4 Å². The van der Waals surface area contributed by atoms with Crippen molar-refractivity contribution >= 4 is 29.5 Å². The number of primary amides is 1. The van der Waals surface area contributed by atoms with Gasteiger partial charge in [-0.05, 0) is 19.8 Å². The normalized spacial score (nSPS) is 33.0. The summed E-state index contributed by atoms with van der Waals surface area (Å²) in [7, 11) is 0. The van der Waals surface area contributed by atoms with Crippen LogP contribution in [0, 0.1) is 5.92 Å². The third-order valence-electron chi connectivity index (χ3n) is 5.29. The molecule has 10 heteroatoms. The molecule has 0 spiro atoms. The van der Waals surface area contributed by atoms with Gasteiger partial charge in [0.15, 0.2) is 0 Å². The summed E-state index contributed by atoms with van der Waals surface area (Å²) in [6, 6.07) is -0.929. The molecule has 0 saturated carbocycles. The van der Waals surface area contributed by atoms with Gasteiger partial charge in [0.05, 0.1) is 24.1 Å². The molecule has 0 aromatic heterocycles. The van der Waals surface area contributed by atoms with E-state index in [-0.39, 0.29) is 28.9 Å². The Bertz CT molecular complexity index is 667. The van der Waals surface area contributed by atoms with Gasteiger partial charge in [-0.1, -0.05) is 0 Å². The summed E-state index contributed by atoms with van der Waals surface area (Å²) in [6.07, 6.45) is 0.834.